The molecule has 1 aromatic carbocycles. The Hall–Kier alpha value is -3.80. The number of likely N-dealkylation sites (N-methyl/N-ethyl adjacent to an activating group) is 1. The quantitative estimate of drug-likeness (QED) is 0.547. The van der Waals surface area contributed by atoms with Crippen LogP contribution in [0.3, 0.4) is 0 Å². The Morgan fingerprint density at radius 3 is 2.75 bits per heavy atom. The Balaban J connectivity index is 1.67. The van der Waals surface area contributed by atoms with Crippen molar-refractivity contribution in [1.29, 1.82) is 5.26 Å². The summed E-state index contributed by atoms with van der Waals surface area (Å²) in [4.78, 5) is 26.2. The monoisotopic (exact) mass is 485 g/mol. The second-order valence-corrected chi connectivity index (χ2v) is 9.44. The summed E-state index contributed by atoms with van der Waals surface area (Å²) in [6, 6.07) is 14.7. The highest BCUT2D eigenvalue weighted by Crippen LogP contribution is 2.30. The summed E-state index contributed by atoms with van der Waals surface area (Å²) < 4.78 is 6.40. The van der Waals surface area contributed by atoms with Gasteiger partial charge in [-0.15, -0.1) is 0 Å². The molecule has 0 saturated carbocycles. The first-order valence-corrected chi connectivity index (χ1v) is 12.1. The third kappa shape index (κ3) is 5.70. The molecule has 0 saturated heterocycles. The first-order valence-electron chi connectivity index (χ1n) is 12.1. The van der Waals surface area contributed by atoms with Gasteiger partial charge in [-0.25, -0.2) is 4.98 Å². The van der Waals surface area contributed by atoms with E-state index in [2.05, 4.69) is 27.9 Å². The van der Waals surface area contributed by atoms with E-state index in [9.17, 15) is 15.2 Å². The lowest BCUT2D eigenvalue weighted by Gasteiger charge is -2.37. The van der Waals surface area contributed by atoms with E-state index < -0.39 is 0 Å². The molecule has 1 amide bonds. The van der Waals surface area contributed by atoms with Crippen molar-refractivity contribution >= 4 is 5.91 Å². The van der Waals surface area contributed by atoms with Crippen LogP contribution in [0, 0.1) is 17.2 Å². The van der Waals surface area contributed by atoms with Gasteiger partial charge in [0, 0.05) is 49.7 Å². The van der Waals surface area contributed by atoms with Crippen LogP contribution >= 0.6 is 0 Å². The molecule has 8 nitrogen and oxygen atoms in total. The van der Waals surface area contributed by atoms with Crippen molar-refractivity contribution in [1.82, 2.24) is 19.8 Å². The second-order valence-electron chi connectivity index (χ2n) is 9.44. The highest BCUT2D eigenvalue weighted by molar-refractivity contribution is 5.98. The van der Waals surface area contributed by atoms with Crippen LogP contribution in [0.25, 0.3) is 11.1 Å². The van der Waals surface area contributed by atoms with E-state index in [0.29, 0.717) is 24.2 Å². The lowest BCUT2D eigenvalue weighted by atomic mass is 9.98. The van der Waals surface area contributed by atoms with Crippen LogP contribution in [-0.2, 0) is 6.54 Å². The van der Waals surface area contributed by atoms with E-state index in [1.807, 2.05) is 32.2 Å². The molecule has 3 aromatic rings. The van der Waals surface area contributed by atoms with E-state index in [1.54, 1.807) is 47.8 Å². The fourth-order valence-corrected chi connectivity index (χ4v) is 4.42. The van der Waals surface area contributed by atoms with E-state index >= 15 is 0 Å². The lowest BCUT2D eigenvalue weighted by Crippen LogP contribution is -2.49. The van der Waals surface area contributed by atoms with Crippen molar-refractivity contribution in [3.63, 3.8) is 0 Å². The van der Waals surface area contributed by atoms with Gasteiger partial charge in [-0.05, 0) is 55.4 Å². The fraction of sp³-hybridized carbons (Fsp3) is 0.357. The zero-order chi connectivity index (χ0) is 25.7. The molecular formula is C28H31N5O3. The minimum atomic E-state index is -0.355. The van der Waals surface area contributed by atoms with Crippen LogP contribution in [0.2, 0.25) is 0 Å². The molecule has 4 rings (SSSR count). The zero-order valence-electron chi connectivity index (χ0n) is 20.8. The molecule has 186 valence electrons. The minimum Gasteiger partial charge on any atom is -0.472 e. The Morgan fingerprint density at radius 1 is 1.25 bits per heavy atom. The molecule has 1 aliphatic heterocycles. The predicted molar refractivity (Wildman–Crippen MR) is 136 cm³/mol. The standard InChI is InChI=1S/C28H31N5O3/c1-19-15-33(20(2)18-34)28(35)25-12-24(23-6-4-5-22(11-23)13-29)14-31-27(25)36-26(19)17-32(3)16-21-7-9-30-10-8-21/h4-12,14,19-20,26,34H,15-18H2,1-3H3/t19-,20-,26-/m1/s1. The topological polar surface area (TPSA) is 103 Å². The summed E-state index contributed by atoms with van der Waals surface area (Å²) in [5.41, 5.74) is 3.55. The number of carbonyl (C=O) groups excluding carboxylic acids is 1. The van der Waals surface area contributed by atoms with Crippen LogP contribution in [0.5, 0.6) is 5.88 Å². The number of fused-ring (bicyclic) bond motifs is 1. The summed E-state index contributed by atoms with van der Waals surface area (Å²) >= 11 is 0. The van der Waals surface area contributed by atoms with Gasteiger partial charge in [0.1, 0.15) is 11.7 Å². The van der Waals surface area contributed by atoms with Crippen molar-refractivity contribution in [2.45, 2.75) is 32.5 Å². The van der Waals surface area contributed by atoms with Crippen molar-refractivity contribution in [2.24, 2.45) is 5.92 Å². The molecule has 3 heterocycles. The normalized spacial score (nSPS) is 18.6. The number of ether oxygens (including phenoxy) is 1. The molecule has 1 aliphatic rings. The molecule has 0 unspecified atom stereocenters. The first-order chi connectivity index (χ1) is 17.4. The Morgan fingerprint density at radius 2 is 2.03 bits per heavy atom. The number of benzene rings is 1. The molecule has 0 bridgehead atoms. The number of hydrogen-bond donors (Lipinski definition) is 1. The number of aliphatic hydroxyl groups excluding tert-OH is 1. The van der Waals surface area contributed by atoms with Crippen molar-refractivity contribution < 1.29 is 14.6 Å². The van der Waals surface area contributed by atoms with E-state index in [-0.39, 0.29) is 36.5 Å². The third-order valence-electron chi connectivity index (χ3n) is 6.54. The lowest BCUT2D eigenvalue weighted by molar-refractivity contribution is 0.0325. The number of pyridine rings is 2. The average Bonchev–Trinajstić information content (AvgIpc) is 2.90. The van der Waals surface area contributed by atoms with Gasteiger partial charge in [0.05, 0.1) is 24.3 Å². The minimum absolute atomic E-state index is 0.00442. The summed E-state index contributed by atoms with van der Waals surface area (Å²) in [5.74, 6) is 0.0572. The van der Waals surface area contributed by atoms with Crippen LogP contribution < -0.4 is 4.74 Å². The van der Waals surface area contributed by atoms with Crippen molar-refractivity contribution in [3.05, 3.63) is 77.7 Å². The van der Waals surface area contributed by atoms with Gasteiger partial charge in [0.15, 0.2) is 0 Å². The number of nitrogens with zero attached hydrogens (tertiary/aromatic N) is 5. The molecule has 0 radical (unpaired) electrons. The smallest absolute Gasteiger partial charge is 0.259 e. The molecule has 0 fully saturated rings. The first kappa shape index (κ1) is 25.3. The maximum atomic E-state index is 13.6. The average molecular weight is 486 g/mol. The summed E-state index contributed by atoms with van der Waals surface area (Å²) in [7, 11) is 2.04. The number of hydrogen-bond acceptors (Lipinski definition) is 7. The molecule has 0 aliphatic carbocycles. The van der Waals surface area contributed by atoms with Gasteiger partial charge >= 0.3 is 0 Å². The van der Waals surface area contributed by atoms with Gasteiger partial charge in [-0.3, -0.25) is 14.7 Å². The maximum Gasteiger partial charge on any atom is 0.259 e. The Bertz CT molecular complexity index is 1240. The van der Waals surface area contributed by atoms with Crippen LogP contribution in [0.4, 0.5) is 0 Å². The van der Waals surface area contributed by atoms with Gasteiger partial charge in [0.25, 0.3) is 5.91 Å². The van der Waals surface area contributed by atoms with Crippen molar-refractivity contribution in [3.8, 4) is 23.1 Å². The molecule has 2 aromatic heterocycles. The number of rotatable bonds is 7. The molecule has 36 heavy (non-hydrogen) atoms. The summed E-state index contributed by atoms with van der Waals surface area (Å²) in [6.45, 7) is 5.57. The summed E-state index contributed by atoms with van der Waals surface area (Å²) in [6.07, 6.45) is 5.01. The highest BCUT2D eigenvalue weighted by atomic mass is 16.5. The third-order valence-corrected chi connectivity index (χ3v) is 6.54. The summed E-state index contributed by atoms with van der Waals surface area (Å²) in [5, 5.41) is 19.2. The number of nitriles is 1. The SMILES string of the molecule is C[C@@H]1CN([C@H](C)CO)C(=O)c2cc(-c3cccc(C#N)c3)cnc2O[C@@H]1CN(C)Cc1ccncc1. The fourth-order valence-electron chi connectivity index (χ4n) is 4.42. The Kier molecular flexibility index (Phi) is 7.93. The van der Waals surface area contributed by atoms with Crippen LogP contribution in [0.15, 0.2) is 61.1 Å². The van der Waals surface area contributed by atoms with Gasteiger partial charge in [-0.1, -0.05) is 19.1 Å². The molecule has 0 spiro atoms. The number of carbonyl (C=O) groups is 1. The highest BCUT2D eigenvalue weighted by Gasteiger charge is 2.34. The predicted octanol–water partition coefficient (Wildman–Crippen LogP) is 3.37. The van der Waals surface area contributed by atoms with Crippen LogP contribution in [0.1, 0.15) is 35.3 Å². The molecule has 1 N–H and O–H groups in total. The Labute approximate surface area is 211 Å². The van der Waals surface area contributed by atoms with Crippen LogP contribution in [-0.4, -0.2) is 69.7 Å². The number of aliphatic hydroxyl groups is 1. The molecular weight excluding hydrogens is 454 g/mol. The van der Waals surface area contributed by atoms with E-state index in [1.165, 1.54) is 0 Å². The zero-order valence-corrected chi connectivity index (χ0v) is 20.8. The number of aromatic nitrogens is 2. The largest absolute Gasteiger partial charge is 0.472 e. The van der Waals surface area contributed by atoms with Crippen molar-refractivity contribution in [2.75, 3.05) is 26.7 Å². The maximum absolute atomic E-state index is 13.6. The van der Waals surface area contributed by atoms with Gasteiger partial charge in [0.2, 0.25) is 5.88 Å². The van der Waals surface area contributed by atoms with E-state index in [0.717, 1.165) is 23.2 Å². The molecule has 8 heteroatoms. The van der Waals surface area contributed by atoms with Gasteiger partial charge < -0.3 is 14.7 Å². The number of amides is 1. The van der Waals surface area contributed by atoms with E-state index in [4.69, 9.17) is 4.74 Å². The van der Waals surface area contributed by atoms with Gasteiger partial charge in [-0.2, -0.15) is 5.26 Å². The second kappa shape index (κ2) is 11.3. The molecule has 3 atom stereocenters.